The van der Waals surface area contributed by atoms with E-state index in [0.717, 1.165) is 40.1 Å². The second-order valence-electron chi connectivity index (χ2n) is 10.6. The molecule has 16 heteroatoms. The molecule has 0 radical (unpaired) electrons. The summed E-state index contributed by atoms with van der Waals surface area (Å²) in [5, 5.41) is 1.69. The Morgan fingerprint density at radius 2 is 1.75 bits per heavy atom. The molecule has 2 N–H and O–H groups in total. The molecule has 248 valence electrons. The number of carbonyl (C=O) groups excluding carboxylic acids is 4. The highest BCUT2D eigenvalue weighted by atomic mass is 79.9. The molecule has 2 aliphatic rings. The van der Waals surface area contributed by atoms with Crippen molar-refractivity contribution in [1.29, 1.82) is 0 Å². The molecule has 10 nitrogen and oxygen atoms in total. The minimum Gasteiger partial charge on any atom is -0.483 e. The first-order valence-corrected chi connectivity index (χ1v) is 16.8. The van der Waals surface area contributed by atoms with Gasteiger partial charge < -0.3 is 19.8 Å². The van der Waals surface area contributed by atoms with E-state index in [0.29, 0.717) is 19.9 Å². The van der Waals surface area contributed by atoms with Crippen molar-refractivity contribution in [2.75, 3.05) is 23.4 Å². The van der Waals surface area contributed by atoms with Crippen LogP contribution in [0.4, 0.5) is 24.5 Å². The molecule has 2 unspecified atom stereocenters. The average Bonchev–Trinajstić information content (AvgIpc) is 3.54. The molecule has 1 aromatic heterocycles. The fourth-order valence-electron chi connectivity index (χ4n) is 5.63. The first-order valence-electron chi connectivity index (χ1n) is 14.3. The number of hydrogen-bond donors (Lipinski definition) is 2. The number of amides is 3. The van der Waals surface area contributed by atoms with Crippen LogP contribution in [-0.2, 0) is 25.3 Å². The Morgan fingerprint density at radius 3 is 2.46 bits per heavy atom. The zero-order valence-corrected chi connectivity index (χ0v) is 27.8. The molecule has 3 amide bonds. The van der Waals surface area contributed by atoms with E-state index in [1.54, 1.807) is 19.1 Å². The number of nitrogens with one attached hydrogen (secondary N) is 2. The van der Waals surface area contributed by atoms with Gasteiger partial charge in [-0.2, -0.15) is 13.2 Å². The number of alkyl halides is 3. The number of aromatic amines is 1. The molecule has 0 aliphatic carbocycles. The zero-order valence-electron chi connectivity index (χ0n) is 24.6. The third kappa shape index (κ3) is 6.39. The summed E-state index contributed by atoms with van der Waals surface area (Å²) >= 11 is 5.36. The second-order valence-corrected chi connectivity index (χ2v) is 13.7. The quantitative estimate of drug-likeness (QED) is 0.160. The number of halogens is 4. The Hall–Kier alpha value is -4.41. The maximum atomic E-state index is 14.2. The number of benzene rings is 3. The van der Waals surface area contributed by atoms with Crippen LogP contribution in [0, 0.1) is 5.92 Å². The number of H-pyrrole nitrogens is 1. The van der Waals surface area contributed by atoms with Crippen molar-refractivity contribution in [2.45, 2.75) is 29.3 Å². The molecule has 1 saturated heterocycles. The molecule has 4 aromatic rings. The highest BCUT2D eigenvalue weighted by Gasteiger charge is 2.57. The van der Waals surface area contributed by atoms with Gasteiger partial charge in [0.15, 0.2) is 6.61 Å². The largest absolute Gasteiger partial charge is 0.483 e. The van der Waals surface area contributed by atoms with Crippen LogP contribution in [0.5, 0.6) is 5.75 Å². The molecule has 48 heavy (non-hydrogen) atoms. The molecule has 2 aliphatic heterocycles. The highest BCUT2D eigenvalue weighted by molar-refractivity contribution is 9.10. The van der Waals surface area contributed by atoms with E-state index in [1.165, 1.54) is 42.5 Å². The van der Waals surface area contributed by atoms with Crippen LogP contribution in [0.25, 0.3) is 0 Å². The number of esters is 1. The average molecular weight is 763 g/mol. The number of ether oxygens (including phenoxy) is 2. The fourth-order valence-corrected chi connectivity index (χ4v) is 8.52. The van der Waals surface area contributed by atoms with Crippen molar-refractivity contribution < 1.29 is 41.8 Å². The van der Waals surface area contributed by atoms with E-state index in [1.807, 2.05) is 0 Å². The van der Waals surface area contributed by atoms with Crippen molar-refractivity contribution in [3.8, 4) is 5.75 Å². The molecule has 6 rings (SSSR count). The monoisotopic (exact) mass is 761 g/mol. The van der Waals surface area contributed by atoms with Crippen molar-refractivity contribution >= 4 is 74.1 Å². The van der Waals surface area contributed by atoms with Crippen LogP contribution >= 0.6 is 39.0 Å². The lowest BCUT2D eigenvalue weighted by atomic mass is 9.82. The standard InChI is InChI=1S/C32H23BrF3N3O7S2/c1-2-45-30(43)15-7-10-17(11-8-15)39-28(41)24-23(25-27(38-31(44)48-25)47-26(24)29(39)42)18-13-16(33)9-12-21(18)46-14-22(40)37-20-6-4-3-5-19(20)32(34,35)36/h3-13,23-24,26H,2,14H2,1H3,(H,37,40)(H,38,44)/t23-,24?,26?/m1/s1. The summed E-state index contributed by atoms with van der Waals surface area (Å²) in [7, 11) is 0. The van der Waals surface area contributed by atoms with Crippen LogP contribution in [0.3, 0.4) is 0 Å². The number of rotatable bonds is 8. The molecule has 3 heterocycles. The molecule has 0 bridgehead atoms. The summed E-state index contributed by atoms with van der Waals surface area (Å²) in [6.45, 7) is 1.17. The summed E-state index contributed by atoms with van der Waals surface area (Å²) in [6, 6.07) is 15.2. The number of anilines is 2. The van der Waals surface area contributed by atoms with Gasteiger partial charge in [-0.25, -0.2) is 9.69 Å². The van der Waals surface area contributed by atoms with Gasteiger partial charge in [0, 0.05) is 20.8 Å². The third-order valence-corrected chi connectivity index (χ3v) is 10.5. The van der Waals surface area contributed by atoms with E-state index in [2.05, 4.69) is 26.2 Å². The van der Waals surface area contributed by atoms with Crippen LogP contribution in [0.15, 0.2) is 81.0 Å². The minimum absolute atomic E-state index is 0.123. The number of carbonyl (C=O) groups is 4. The topological polar surface area (TPSA) is 135 Å². The lowest BCUT2D eigenvalue weighted by Crippen LogP contribution is -2.32. The SMILES string of the molecule is CCOC(=O)c1ccc(N2C(=O)C3Sc4[nH]c(=O)sc4[C@H](c4cc(Br)ccc4OCC(=O)Nc4ccccc4C(F)(F)F)C3C2=O)cc1. The maximum absolute atomic E-state index is 14.2. The lowest BCUT2D eigenvalue weighted by molar-refractivity contribution is -0.137. The Kier molecular flexibility index (Phi) is 9.24. The third-order valence-electron chi connectivity index (χ3n) is 7.63. The van der Waals surface area contributed by atoms with Crippen molar-refractivity contribution in [3.63, 3.8) is 0 Å². The summed E-state index contributed by atoms with van der Waals surface area (Å²) in [6.07, 6.45) is -4.70. The van der Waals surface area contributed by atoms with E-state index in [-0.39, 0.29) is 23.6 Å². The zero-order chi connectivity index (χ0) is 34.3. The summed E-state index contributed by atoms with van der Waals surface area (Å²) < 4.78 is 51.8. The second kappa shape index (κ2) is 13.2. The molecular weight excluding hydrogens is 739 g/mol. The van der Waals surface area contributed by atoms with Gasteiger partial charge in [0.25, 0.3) is 5.91 Å². The van der Waals surface area contributed by atoms with Gasteiger partial charge in [-0.1, -0.05) is 51.2 Å². The first kappa shape index (κ1) is 33.5. The highest BCUT2D eigenvalue weighted by Crippen LogP contribution is 2.54. The predicted molar refractivity (Wildman–Crippen MR) is 175 cm³/mol. The predicted octanol–water partition coefficient (Wildman–Crippen LogP) is 6.21. The van der Waals surface area contributed by atoms with Crippen LogP contribution < -0.4 is 19.8 Å². The normalized spacial score (nSPS) is 18.7. The van der Waals surface area contributed by atoms with E-state index in [4.69, 9.17) is 9.47 Å². The van der Waals surface area contributed by atoms with E-state index in [9.17, 15) is 37.1 Å². The molecule has 0 saturated carbocycles. The van der Waals surface area contributed by atoms with Crippen molar-refractivity contribution in [2.24, 2.45) is 5.92 Å². The number of fused-ring (bicyclic) bond motifs is 2. The molecular formula is C32H23BrF3N3O7S2. The van der Waals surface area contributed by atoms with Gasteiger partial charge in [-0.3, -0.25) is 19.2 Å². The number of hydrogen-bond acceptors (Lipinski definition) is 9. The minimum atomic E-state index is -4.70. The number of thiazole rings is 1. The number of imide groups is 1. The summed E-state index contributed by atoms with van der Waals surface area (Å²) in [5.74, 6) is -4.26. The Morgan fingerprint density at radius 1 is 1.02 bits per heavy atom. The summed E-state index contributed by atoms with van der Waals surface area (Å²) in [4.78, 5) is 69.4. The Bertz CT molecular complexity index is 2000. The number of thioether (sulfide) groups is 1. The van der Waals surface area contributed by atoms with Gasteiger partial charge >= 0.3 is 17.0 Å². The Balaban J connectivity index is 1.32. The van der Waals surface area contributed by atoms with Crippen LogP contribution in [0.1, 0.15) is 39.2 Å². The number of para-hydroxylation sites is 1. The van der Waals surface area contributed by atoms with Gasteiger partial charge in [-0.15, -0.1) is 0 Å². The lowest BCUT2D eigenvalue weighted by Gasteiger charge is -2.31. The van der Waals surface area contributed by atoms with Gasteiger partial charge in [0.05, 0.1) is 40.1 Å². The van der Waals surface area contributed by atoms with E-state index >= 15 is 0 Å². The molecule has 3 atom stereocenters. The van der Waals surface area contributed by atoms with E-state index < -0.39 is 69.7 Å². The Labute approximate surface area is 286 Å². The van der Waals surface area contributed by atoms with Gasteiger partial charge in [0.1, 0.15) is 11.0 Å². The van der Waals surface area contributed by atoms with Gasteiger partial charge in [0.2, 0.25) is 11.8 Å². The van der Waals surface area contributed by atoms with Crippen LogP contribution in [0.2, 0.25) is 0 Å². The fraction of sp³-hybridized carbons (Fsp3) is 0.219. The molecule has 0 spiro atoms. The molecule has 3 aromatic carbocycles. The van der Waals surface area contributed by atoms with Gasteiger partial charge in [-0.05, 0) is 61.5 Å². The van der Waals surface area contributed by atoms with Crippen molar-refractivity contribution in [3.05, 3.63) is 102 Å². The molecule has 1 fully saturated rings. The van der Waals surface area contributed by atoms with Crippen molar-refractivity contribution in [1.82, 2.24) is 4.98 Å². The number of aromatic nitrogens is 1. The van der Waals surface area contributed by atoms with Crippen LogP contribution in [-0.4, -0.2) is 47.1 Å². The summed E-state index contributed by atoms with van der Waals surface area (Å²) in [5.41, 5.74) is -0.599. The first-order chi connectivity index (χ1) is 22.9. The number of nitrogens with zero attached hydrogens (tertiary/aromatic N) is 1. The maximum Gasteiger partial charge on any atom is 0.418 e. The smallest absolute Gasteiger partial charge is 0.418 e.